The van der Waals surface area contributed by atoms with Crippen LogP contribution in [0.3, 0.4) is 0 Å². The molecule has 16 heavy (non-hydrogen) atoms. The Morgan fingerprint density at radius 1 is 1.25 bits per heavy atom. The molecular weight excluding hydrogens is 220 g/mol. The highest BCUT2D eigenvalue weighted by molar-refractivity contribution is 7.71. The van der Waals surface area contributed by atoms with Gasteiger partial charge in [0.1, 0.15) is 4.64 Å². The van der Waals surface area contributed by atoms with Gasteiger partial charge in [-0.2, -0.15) is 0 Å². The molecule has 0 radical (unpaired) electrons. The molecule has 0 amide bonds. The Balaban J connectivity index is 2.57. The van der Waals surface area contributed by atoms with E-state index in [0.717, 1.165) is 5.69 Å². The molecule has 4 nitrogen and oxygen atoms in total. The lowest BCUT2D eigenvalue weighted by Crippen LogP contribution is -2.14. The molecule has 5 heteroatoms. The van der Waals surface area contributed by atoms with Crippen LogP contribution < -0.4 is 0 Å². The van der Waals surface area contributed by atoms with E-state index in [1.165, 1.54) is 0 Å². The Hall–Kier alpha value is -1.49. The second kappa shape index (κ2) is 3.83. The third kappa shape index (κ3) is 2.19. The SMILES string of the molecule is CC(C)(C)c1cc(=S)nc(-c2ncc[nH]2)[nH]1. The topological polar surface area (TPSA) is 57.4 Å². The fourth-order valence-corrected chi connectivity index (χ4v) is 1.58. The Morgan fingerprint density at radius 2 is 2.00 bits per heavy atom. The van der Waals surface area contributed by atoms with Crippen molar-refractivity contribution < 1.29 is 0 Å². The number of imidazole rings is 1. The number of nitrogens with one attached hydrogen (secondary N) is 2. The zero-order chi connectivity index (χ0) is 11.8. The number of hydrogen-bond donors (Lipinski definition) is 2. The van der Waals surface area contributed by atoms with E-state index in [4.69, 9.17) is 12.2 Å². The van der Waals surface area contributed by atoms with Crippen molar-refractivity contribution in [3.05, 3.63) is 28.8 Å². The fourth-order valence-electron chi connectivity index (χ4n) is 1.37. The highest BCUT2D eigenvalue weighted by atomic mass is 32.1. The molecule has 0 saturated carbocycles. The van der Waals surface area contributed by atoms with E-state index in [1.807, 2.05) is 6.07 Å². The molecule has 0 fully saturated rings. The Morgan fingerprint density at radius 3 is 2.56 bits per heavy atom. The number of nitrogens with zero attached hydrogens (tertiary/aromatic N) is 2. The van der Waals surface area contributed by atoms with E-state index in [1.54, 1.807) is 12.4 Å². The Labute approximate surface area is 99.2 Å². The quantitative estimate of drug-likeness (QED) is 0.746. The van der Waals surface area contributed by atoms with Gasteiger partial charge >= 0.3 is 0 Å². The summed E-state index contributed by atoms with van der Waals surface area (Å²) in [6.07, 6.45) is 3.45. The maximum absolute atomic E-state index is 5.16. The summed E-state index contributed by atoms with van der Waals surface area (Å²) in [6, 6.07) is 1.89. The van der Waals surface area contributed by atoms with Gasteiger partial charge in [0.25, 0.3) is 0 Å². The van der Waals surface area contributed by atoms with E-state index >= 15 is 0 Å². The van der Waals surface area contributed by atoms with E-state index < -0.39 is 0 Å². The Kier molecular flexibility index (Phi) is 2.63. The van der Waals surface area contributed by atoms with Crippen LogP contribution in [0.1, 0.15) is 26.5 Å². The monoisotopic (exact) mass is 234 g/mol. The summed E-state index contributed by atoms with van der Waals surface area (Å²) in [5.74, 6) is 1.39. The second-order valence-electron chi connectivity index (χ2n) is 4.67. The molecule has 2 rings (SSSR count). The molecule has 0 aliphatic carbocycles. The van der Waals surface area contributed by atoms with E-state index in [9.17, 15) is 0 Å². The molecule has 2 aromatic heterocycles. The van der Waals surface area contributed by atoms with Crippen LogP contribution in [0.15, 0.2) is 18.5 Å². The van der Waals surface area contributed by atoms with Crippen LogP contribution in [0.4, 0.5) is 0 Å². The molecule has 0 saturated heterocycles. The first-order valence-corrected chi connectivity index (χ1v) is 5.49. The summed E-state index contributed by atoms with van der Waals surface area (Å²) in [7, 11) is 0. The summed E-state index contributed by atoms with van der Waals surface area (Å²) in [5, 5.41) is 0. The molecular formula is C11H14N4S. The van der Waals surface area contributed by atoms with Crippen molar-refractivity contribution in [3.8, 4) is 11.6 Å². The van der Waals surface area contributed by atoms with Gasteiger partial charge < -0.3 is 9.97 Å². The lowest BCUT2D eigenvalue weighted by Gasteiger charge is -2.18. The molecule has 84 valence electrons. The predicted molar refractivity (Wildman–Crippen MR) is 65.7 cm³/mol. The minimum Gasteiger partial charge on any atom is -0.342 e. The first kappa shape index (κ1) is 11.0. The van der Waals surface area contributed by atoms with Crippen molar-refractivity contribution in [1.29, 1.82) is 0 Å². The fraction of sp³-hybridized carbons (Fsp3) is 0.364. The molecule has 0 bridgehead atoms. The van der Waals surface area contributed by atoms with Gasteiger partial charge in [-0.1, -0.05) is 33.0 Å². The van der Waals surface area contributed by atoms with Gasteiger partial charge in [0.2, 0.25) is 0 Å². The van der Waals surface area contributed by atoms with Gasteiger partial charge in [0.15, 0.2) is 11.6 Å². The molecule has 0 atom stereocenters. The zero-order valence-electron chi connectivity index (χ0n) is 9.53. The van der Waals surface area contributed by atoms with Crippen LogP contribution in [0, 0.1) is 4.64 Å². The molecule has 2 heterocycles. The molecule has 2 N–H and O–H groups in total. The minimum atomic E-state index is 0.0117. The van der Waals surface area contributed by atoms with Crippen molar-refractivity contribution in [2.24, 2.45) is 0 Å². The standard InChI is InChI=1S/C11H14N4S/c1-11(2,3)7-6-8(16)15-10(14-7)9-12-4-5-13-9/h4-6H,1-3H3,(H,12,13)(H,14,15,16). The van der Waals surface area contributed by atoms with E-state index in [2.05, 4.69) is 40.7 Å². The smallest absolute Gasteiger partial charge is 0.175 e. The van der Waals surface area contributed by atoms with Crippen LogP contribution in [0.2, 0.25) is 0 Å². The lowest BCUT2D eigenvalue weighted by atomic mass is 9.92. The van der Waals surface area contributed by atoms with Gasteiger partial charge in [-0.05, 0) is 6.07 Å². The number of aromatic amines is 2. The number of hydrogen-bond acceptors (Lipinski definition) is 3. The van der Waals surface area contributed by atoms with Crippen molar-refractivity contribution in [3.63, 3.8) is 0 Å². The third-order valence-electron chi connectivity index (χ3n) is 2.27. The number of H-pyrrole nitrogens is 2. The van der Waals surface area contributed by atoms with Crippen LogP contribution in [-0.4, -0.2) is 19.9 Å². The zero-order valence-corrected chi connectivity index (χ0v) is 10.4. The normalized spacial score (nSPS) is 11.7. The van der Waals surface area contributed by atoms with Crippen molar-refractivity contribution in [1.82, 2.24) is 19.9 Å². The Bertz CT molecular complexity index is 534. The maximum atomic E-state index is 5.16. The lowest BCUT2D eigenvalue weighted by molar-refractivity contribution is 0.567. The summed E-state index contributed by atoms with van der Waals surface area (Å²) < 4.78 is 0.579. The summed E-state index contributed by atoms with van der Waals surface area (Å²) >= 11 is 5.16. The van der Waals surface area contributed by atoms with Gasteiger partial charge in [-0.15, -0.1) is 0 Å². The first-order chi connectivity index (χ1) is 7.47. The van der Waals surface area contributed by atoms with E-state index in [-0.39, 0.29) is 5.41 Å². The predicted octanol–water partition coefficient (Wildman–Crippen LogP) is 2.83. The maximum Gasteiger partial charge on any atom is 0.175 e. The van der Waals surface area contributed by atoms with Crippen LogP contribution in [0.25, 0.3) is 11.6 Å². The molecule has 2 aromatic rings. The average Bonchev–Trinajstić information content (AvgIpc) is 2.68. The third-order valence-corrected chi connectivity index (χ3v) is 2.48. The molecule has 0 aliphatic rings. The van der Waals surface area contributed by atoms with E-state index in [0.29, 0.717) is 16.3 Å². The second-order valence-corrected chi connectivity index (χ2v) is 5.09. The molecule has 0 spiro atoms. The summed E-state index contributed by atoms with van der Waals surface area (Å²) in [4.78, 5) is 14.7. The highest BCUT2D eigenvalue weighted by Crippen LogP contribution is 2.21. The van der Waals surface area contributed by atoms with Crippen LogP contribution in [0.5, 0.6) is 0 Å². The van der Waals surface area contributed by atoms with Crippen molar-refractivity contribution in [2.45, 2.75) is 26.2 Å². The van der Waals surface area contributed by atoms with Crippen LogP contribution >= 0.6 is 12.2 Å². The number of rotatable bonds is 1. The van der Waals surface area contributed by atoms with Gasteiger partial charge in [0.05, 0.1) is 0 Å². The van der Waals surface area contributed by atoms with Crippen molar-refractivity contribution in [2.75, 3.05) is 0 Å². The van der Waals surface area contributed by atoms with Gasteiger partial charge in [-0.25, -0.2) is 9.97 Å². The molecule has 0 aliphatic heterocycles. The first-order valence-electron chi connectivity index (χ1n) is 5.08. The van der Waals surface area contributed by atoms with Gasteiger partial charge in [0, 0.05) is 23.5 Å². The minimum absolute atomic E-state index is 0.0117. The number of aromatic nitrogens is 4. The van der Waals surface area contributed by atoms with Gasteiger partial charge in [-0.3, -0.25) is 0 Å². The van der Waals surface area contributed by atoms with Crippen molar-refractivity contribution >= 4 is 12.2 Å². The highest BCUT2D eigenvalue weighted by Gasteiger charge is 2.16. The summed E-state index contributed by atoms with van der Waals surface area (Å²) in [5.41, 5.74) is 1.07. The molecule has 0 aromatic carbocycles. The largest absolute Gasteiger partial charge is 0.342 e. The molecule has 0 unspecified atom stereocenters. The van der Waals surface area contributed by atoms with Crippen LogP contribution in [-0.2, 0) is 5.41 Å². The summed E-state index contributed by atoms with van der Waals surface area (Å²) in [6.45, 7) is 6.37. The average molecular weight is 234 g/mol.